The van der Waals surface area contributed by atoms with Crippen LogP contribution in [-0.4, -0.2) is 31.2 Å². The topological polar surface area (TPSA) is 31.1 Å². The monoisotopic (exact) mass is 337 g/mol. The molecule has 1 aliphatic heterocycles. The summed E-state index contributed by atoms with van der Waals surface area (Å²) in [5.74, 6) is 0. The summed E-state index contributed by atoms with van der Waals surface area (Å²) in [6.45, 7) is 8.61. The molecule has 1 aliphatic rings. The number of nitrogens with one attached hydrogen (secondary N) is 2. The molecule has 0 saturated carbocycles. The third-order valence-corrected chi connectivity index (χ3v) is 5.91. The van der Waals surface area contributed by atoms with Gasteiger partial charge in [-0.25, -0.2) is 0 Å². The Labute approximate surface area is 147 Å². The van der Waals surface area contributed by atoms with Gasteiger partial charge in [-0.3, -0.25) is 0 Å². The van der Waals surface area contributed by atoms with Gasteiger partial charge in [0.2, 0.25) is 0 Å². The number of hydrogen-bond acceptors (Lipinski definition) is 3. The Kier molecular flexibility index (Phi) is 4.25. The van der Waals surface area contributed by atoms with Crippen molar-refractivity contribution in [1.29, 1.82) is 0 Å². The Bertz CT molecular complexity index is 862. The average molecular weight is 337 g/mol. The van der Waals surface area contributed by atoms with Gasteiger partial charge >= 0.3 is 0 Å². The molecule has 2 heterocycles. The lowest BCUT2D eigenvalue weighted by Gasteiger charge is -2.31. The first kappa shape index (κ1) is 15.6. The molecule has 3 nitrogen and oxygen atoms in total. The zero-order valence-electron chi connectivity index (χ0n) is 14.2. The molecule has 24 heavy (non-hydrogen) atoms. The number of aromatic amines is 1. The standard InChI is InChI=1S/C20H23N3S/c1-14-7-8-19(18(13-14)23-11-9-21-10-12-23)24-20-15(2)22-17-6-4-3-5-16(17)20/h3-8,13,21-22H,9-12H2,1-2H3. The van der Waals surface area contributed by atoms with Crippen LogP contribution < -0.4 is 10.2 Å². The number of piperazine rings is 1. The second kappa shape index (κ2) is 6.54. The summed E-state index contributed by atoms with van der Waals surface area (Å²) in [5.41, 5.74) is 5.15. The number of hydrogen-bond donors (Lipinski definition) is 2. The van der Waals surface area contributed by atoms with Gasteiger partial charge in [0, 0.05) is 52.6 Å². The first-order chi connectivity index (χ1) is 11.7. The molecule has 0 bridgehead atoms. The second-order valence-corrected chi connectivity index (χ2v) is 7.49. The number of fused-ring (bicyclic) bond motifs is 1. The maximum atomic E-state index is 3.51. The number of nitrogens with zero attached hydrogens (tertiary/aromatic N) is 1. The molecular weight excluding hydrogens is 314 g/mol. The number of para-hydroxylation sites is 1. The smallest absolute Gasteiger partial charge is 0.0511 e. The molecule has 0 unspecified atom stereocenters. The summed E-state index contributed by atoms with van der Waals surface area (Å²) >= 11 is 1.89. The highest BCUT2D eigenvalue weighted by Gasteiger charge is 2.17. The van der Waals surface area contributed by atoms with E-state index < -0.39 is 0 Å². The van der Waals surface area contributed by atoms with Crippen LogP contribution in [0.25, 0.3) is 10.9 Å². The molecule has 1 saturated heterocycles. The zero-order chi connectivity index (χ0) is 16.5. The van der Waals surface area contributed by atoms with Crippen LogP contribution in [0.15, 0.2) is 52.3 Å². The zero-order valence-corrected chi connectivity index (χ0v) is 15.0. The van der Waals surface area contributed by atoms with Crippen LogP contribution in [0, 0.1) is 13.8 Å². The minimum absolute atomic E-state index is 1.06. The Morgan fingerprint density at radius 3 is 2.62 bits per heavy atom. The number of anilines is 1. The fourth-order valence-corrected chi connectivity index (χ4v) is 4.50. The summed E-state index contributed by atoms with van der Waals surface area (Å²) in [6.07, 6.45) is 0. The number of aryl methyl sites for hydroxylation is 2. The Morgan fingerprint density at radius 2 is 1.79 bits per heavy atom. The van der Waals surface area contributed by atoms with Crippen molar-refractivity contribution in [3.05, 3.63) is 53.7 Å². The van der Waals surface area contributed by atoms with Crippen molar-refractivity contribution in [2.24, 2.45) is 0 Å². The quantitative estimate of drug-likeness (QED) is 0.745. The minimum atomic E-state index is 1.06. The second-order valence-electron chi connectivity index (χ2n) is 6.43. The summed E-state index contributed by atoms with van der Waals surface area (Å²) in [6, 6.07) is 15.4. The molecule has 3 aromatic rings. The van der Waals surface area contributed by atoms with Gasteiger partial charge in [0.05, 0.1) is 5.69 Å². The molecule has 2 aromatic carbocycles. The molecule has 124 valence electrons. The minimum Gasteiger partial charge on any atom is -0.368 e. The van der Waals surface area contributed by atoms with Crippen molar-refractivity contribution in [2.45, 2.75) is 23.6 Å². The third-order valence-electron chi connectivity index (χ3n) is 4.62. The van der Waals surface area contributed by atoms with Crippen LogP contribution in [0.2, 0.25) is 0 Å². The van der Waals surface area contributed by atoms with E-state index in [0.717, 1.165) is 26.2 Å². The van der Waals surface area contributed by atoms with E-state index in [2.05, 4.69) is 71.5 Å². The van der Waals surface area contributed by atoms with E-state index in [1.807, 2.05) is 11.8 Å². The number of rotatable bonds is 3. The van der Waals surface area contributed by atoms with Gasteiger partial charge in [-0.15, -0.1) is 0 Å². The Balaban J connectivity index is 1.75. The van der Waals surface area contributed by atoms with Crippen molar-refractivity contribution >= 4 is 28.4 Å². The molecule has 1 aromatic heterocycles. The van der Waals surface area contributed by atoms with E-state index in [4.69, 9.17) is 0 Å². The van der Waals surface area contributed by atoms with Crippen LogP contribution in [0.4, 0.5) is 5.69 Å². The maximum absolute atomic E-state index is 3.51. The summed E-state index contributed by atoms with van der Waals surface area (Å²) < 4.78 is 0. The lowest BCUT2D eigenvalue weighted by Crippen LogP contribution is -2.43. The van der Waals surface area contributed by atoms with Gasteiger partial charge in [-0.1, -0.05) is 36.0 Å². The van der Waals surface area contributed by atoms with Crippen molar-refractivity contribution < 1.29 is 0 Å². The molecule has 0 spiro atoms. The predicted octanol–water partition coefficient (Wildman–Crippen LogP) is 4.35. The van der Waals surface area contributed by atoms with Crippen LogP contribution in [0.3, 0.4) is 0 Å². The van der Waals surface area contributed by atoms with Gasteiger partial charge in [0.25, 0.3) is 0 Å². The van der Waals surface area contributed by atoms with Gasteiger partial charge in [0.1, 0.15) is 0 Å². The van der Waals surface area contributed by atoms with Gasteiger partial charge in [0.15, 0.2) is 0 Å². The Hall–Kier alpha value is -1.91. The van der Waals surface area contributed by atoms with E-state index in [1.165, 1.54) is 37.6 Å². The lowest BCUT2D eigenvalue weighted by molar-refractivity contribution is 0.587. The predicted molar refractivity (Wildman–Crippen MR) is 103 cm³/mol. The van der Waals surface area contributed by atoms with Crippen LogP contribution in [0.5, 0.6) is 0 Å². The van der Waals surface area contributed by atoms with Crippen LogP contribution in [-0.2, 0) is 0 Å². The van der Waals surface area contributed by atoms with Gasteiger partial charge in [-0.2, -0.15) is 0 Å². The van der Waals surface area contributed by atoms with E-state index in [-0.39, 0.29) is 0 Å². The fourth-order valence-electron chi connectivity index (χ4n) is 3.36. The van der Waals surface area contributed by atoms with Gasteiger partial charge in [-0.05, 0) is 37.6 Å². The maximum Gasteiger partial charge on any atom is 0.0511 e. The molecule has 0 radical (unpaired) electrons. The fraction of sp³-hybridized carbons (Fsp3) is 0.300. The average Bonchev–Trinajstić information content (AvgIpc) is 2.93. The van der Waals surface area contributed by atoms with Crippen LogP contribution in [0.1, 0.15) is 11.3 Å². The highest BCUT2D eigenvalue weighted by atomic mass is 32.2. The molecule has 0 aliphatic carbocycles. The van der Waals surface area contributed by atoms with E-state index in [9.17, 15) is 0 Å². The molecular formula is C20H23N3S. The molecule has 4 heteroatoms. The molecule has 0 amide bonds. The third kappa shape index (κ3) is 2.92. The Morgan fingerprint density at radius 1 is 1.00 bits per heavy atom. The number of benzene rings is 2. The van der Waals surface area contributed by atoms with Crippen molar-refractivity contribution in [3.8, 4) is 0 Å². The van der Waals surface area contributed by atoms with Crippen LogP contribution >= 0.6 is 11.8 Å². The SMILES string of the molecule is Cc1ccc(Sc2c(C)[nH]c3ccccc23)c(N2CCNCC2)c1. The number of aromatic nitrogens is 1. The highest BCUT2D eigenvalue weighted by molar-refractivity contribution is 7.99. The normalized spacial score (nSPS) is 15.2. The van der Waals surface area contributed by atoms with E-state index in [1.54, 1.807) is 0 Å². The molecule has 4 rings (SSSR count). The summed E-state index contributed by atoms with van der Waals surface area (Å²) in [5, 5.41) is 4.76. The van der Waals surface area contributed by atoms with Gasteiger partial charge < -0.3 is 15.2 Å². The lowest BCUT2D eigenvalue weighted by atomic mass is 10.2. The molecule has 1 fully saturated rings. The van der Waals surface area contributed by atoms with Crippen molar-refractivity contribution in [2.75, 3.05) is 31.1 Å². The van der Waals surface area contributed by atoms with Crippen molar-refractivity contribution in [1.82, 2.24) is 10.3 Å². The van der Waals surface area contributed by atoms with E-state index >= 15 is 0 Å². The number of H-pyrrole nitrogens is 1. The highest BCUT2D eigenvalue weighted by Crippen LogP contribution is 2.41. The summed E-state index contributed by atoms with van der Waals surface area (Å²) in [4.78, 5) is 8.70. The van der Waals surface area contributed by atoms with Crippen molar-refractivity contribution in [3.63, 3.8) is 0 Å². The van der Waals surface area contributed by atoms with E-state index in [0.29, 0.717) is 0 Å². The molecule has 0 atom stereocenters. The largest absolute Gasteiger partial charge is 0.368 e. The first-order valence-electron chi connectivity index (χ1n) is 8.54. The summed E-state index contributed by atoms with van der Waals surface area (Å²) in [7, 11) is 0. The molecule has 2 N–H and O–H groups in total. The first-order valence-corrected chi connectivity index (χ1v) is 9.35.